The Morgan fingerprint density at radius 2 is 2.19 bits per heavy atom. The van der Waals surface area contributed by atoms with Gasteiger partial charge in [0.1, 0.15) is 0 Å². The maximum Gasteiger partial charge on any atom is 0.227 e. The van der Waals surface area contributed by atoms with Gasteiger partial charge in [0, 0.05) is 19.1 Å². The lowest BCUT2D eigenvalue weighted by Gasteiger charge is -2.29. The third-order valence-corrected chi connectivity index (χ3v) is 3.90. The van der Waals surface area contributed by atoms with Crippen molar-refractivity contribution >= 4 is 5.91 Å². The molecule has 1 unspecified atom stereocenters. The topological polar surface area (TPSA) is 67.2 Å². The molecule has 1 saturated heterocycles. The van der Waals surface area contributed by atoms with Crippen molar-refractivity contribution < 1.29 is 4.79 Å². The molecule has 1 amide bonds. The Balaban J connectivity index is 2.42. The highest BCUT2D eigenvalue weighted by atomic mass is 16.2. The predicted molar refractivity (Wildman–Crippen MR) is 66.1 cm³/mol. The largest absolute Gasteiger partial charge is 0.354 e. The minimum Gasteiger partial charge on any atom is -0.354 e. The molecule has 0 bridgehead atoms. The van der Waals surface area contributed by atoms with Crippen LogP contribution in [0.2, 0.25) is 0 Å². The average Bonchev–Trinajstić information content (AvgIpc) is 2.82. The second-order valence-corrected chi connectivity index (χ2v) is 4.69. The van der Waals surface area contributed by atoms with E-state index in [1.807, 2.05) is 13.8 Å². The van der Waals surface area contributed by atoms with Crippen molar-refractivity contribution in [3.05, 3.63) is 0 Å². The van der Waals surface area contributed by atoms with Gasteiger partial charge in [-0.1, -0.05) is 13.8 Å². The lowest BCUT2D eigenvalue weighted by atomic mass is 9.81. The van der Waals surface area contributed by atoms with E-state index in [1.54, 1.807) is 0 Å². The molecule has 16 heavy (non-hydrogen) atoms. The fourth-order valence-corrected chi connectivity index (χ4v) is 2.29. The van der Waals surface area contributed by atoms with Crippen molar-refractivity contribution in [1.82, 2.24) is 10.6 Å². The minimum atomic E-state index is -0.362. The predicted octanol–water partition coefficient (Wildman–Crippen LogP) is 0.620. The van der Waals surface area contributed by atoms with E-state index in [9.17, 15) is 4.79 Å². The molecule has 1 atom stereocenters. The molecule has 0 aliphatic carbocycles. The molecule has 0 aromatic carbocycles. The van der Waals surface area contributed by atoms with E-state index in [-0.39, 0.29) is 11.3 Å². The molecule has 94 valence electrons. The first kappa shape index (κ1) is 13.5. The molecule has 0 spiro atoms. The Morgan fingerprint density at radius 1 is 1.50 bits per heavy atom. The lowest BCUT2D eigenvalue weighted by molar-refractivity contribution is -0.131. The molecule has 0 aromatic rings. The molecule has 4 N–H and O–H groups in total. The van der Waals surface area contributed by atoms with Crippen LogP contribution in [0.1, 0.15) is 39.5 Å². The van der Waals surface area contributed by atoms with E-state index >= 15 is 0 Å². The van der Waals surface area contributed by atoms with Crippen molar-refractivity contribution in [3.8, 4) is 0 Å². The fourth-order valence-electron chi connectivity index (χ4n) is 2.29. The van der Waals surface area contributed by atoms with Gasteiger partial charge in [-0.3, -0.25) is 4.79 Å². The van der Waals surface area contributed by atoms with Crippen molar-refractivity contribution in [2.24, 2.45) is 11.1 Å². The molecule has 4 heteroatoms. The molecule has 1 aliphatic heterocycles. The van der Waals surface area contributed by atoms with E-state index in [4.69, 9.17) is 5.73 Å². The molecular weight excluding hydrogens is 202 g/mol. The quantitative estimate of drug-likeness (QED) is 0.623. The van der Waals surface area contributed by atoms with Gasteiger partial charge in [0.2, 0.25) is 5.91 Å². The van der Waals surface area contributed by atoms with E-state index < -0.39 is 0 Å². The maximum absolute atomic E-state index is 12.1. The van der Waals surface area contributed by atoms with Gasteiger partial charge >= 0.3 is 0 Å². The van der Waals surface area contributed by atoms with Crippen molar-refractivity contribution in [2.45, 2.75) is 45.6 Å². The summed E-state index contributed by atoms with van der Waals surface area (Å²) in [7, 11) is 0. The number of rotatable bonds is 6. The van der Waals surface area contributed by atoms with Crippen LogP contribution in [0.4, 0.5) is 0 Å². The van der Waals surface area contributed by atoms with Crippen LogP contribution in [0, 0.1) is 5.41 Å². The van der Waals surface area contributed by atoms with Crippen molar-refractivity contribution in [1.29, 1.82) is 0 Å². The molecule has 1 aliphatic rings. The Morgan fingerprint density at radius 3 is 2.62 bits per heavy atom. The van der Waals surface area contributed by atoms with Crippen LogP contribution in [0.25, 0.3) is 0 Å². The second kappa shape index (κ2) is 6.21. The van der Waals surface area contributed by atoms with Gasteiger partial charge < -0.3 is 16.4 Å². The minimum absolute atomic E-state index is 0.119. The average molecular weight is 227 g/mol. The number of hydrogen-bond acceptors (Lipinski definition) is 3. The van der Waals surface area contributed by atoms with Gasteiger partial charge in [-0.2, -0.15) is 0 Å². The number of carbonyl (C=O) groups is 1. The first-order valence-corrected chi connectivity index (χ1v) is 6.40. The van der Waals surface area contributed by atoms with Gasteiger partial charge in [-0.05, 0) is 32.2 Å². The summed E-state index contributed by atoms with van der Waals surface area (Å²) in [4.78, 5) is 12.1. The normalized spacial score (nSPS) is 21.1. The number of nitrogens with one attached hydrogen (secondary N) is 2. The number of nitrogens with two attached hydrogens (primary N) is 1. The monoisotopic (exact) mass is 227 g/mol. The van der Waals surface area contributed by atoms with E-state index in [0.717, 1.165) is 32.4 Å². The van der Waals surface area contributed by atoms with Crippen molar-refractivity contribution in [2.75, 3.05) is 19.6 Å². The zero-order valence-corrected chi connectivity index (χ0v) is 10.5. The molecule has 1 fully saturated rings. The summed E-state index contributed by atoms with van der Waals surface area (Å²) in [6.07, 6.45) is 3.99. The third kappa shape index (κ3) is 2.95. The molecule has 0 saturated carbocycles. The SMILES string of the molecule is CCC(CC)(CN)C(=O)NCC1CCCN1. The Bertz CT molecular complexity index is 212. The standard InChI is InChI=1S/C12H25N3O/c1-3-12(4-2,9-13)11(16)15-8-10-6-5-7-14-10/h10,14H,3-9,13H2,1-2H3,(H,15,16). The number of amides is 1. The molecular formula is C12H25N3O. The highest BCUT2D eigenvalue weighted by Gasteiger charge is 2.33. The number of hydrogen-bond donors (Lipinski definition) is 3. The summed E-state index contributed by atoms with van der Waals surface area (Å²) in [5.41, 5.74) is 5.37. The molecule has 1 heterocycles. The van der Waals surface area contributed by atoms with E-state index in [2.05, 4.69) is 10.6 Å². The summed E-state index contributed by atoms with van der Waals surface area (Å²) in [6, 6.07) is 0.452. The summed E-state index contributed by atoms with van der Waals surface area (Å²) in [6.45, 7) is 6.31. The maximum atomic E-state index is 12.1. The molecule has 0 aromatic heterocycles. The lowest BCUT2D eigenvalue weighted by Crippen LogP contribution is -2.48. The van der Waals surface area contributed by atoms with Gasteiger partial charge in [-0.15, -0.1) is 0 Å². The summed E-state index contributed by atoms with van der Waals surface area (Å²) in [5.74, 6) is 0.119. The third-order valence-electron chi connectivity index (χ3n) is 3.90. The summed E-state index contributed by atoms with van der Waals surface area (Å²) in [5, 5.41) is 6.41. The van der Waals surface area contributed by atoms with Gasteiger partial charge in [0.15, 0.2) is 0 Å². The van der Waals surface area contributed by atoms with Gasteiger partial charge in [0.05, 0.1) is 5.41 Å². The summed E-state index contributed by atoms with van der Waals surface area (Å²) < 4.78 is 0. The van der Waals surface area contributed by atoms with E-state index in [0.29, 0.717) is 12.6 Å². The smallest absolute Gasteiger partial charge is 0.227 e. The Kier molecular flexibility index (Phi) is 5.22. The summed E-state index contributed by atoms with van der Waals surface area (Å²) >= 11 is 0. The molecule has 1 rings (SSSR count). The van der Waals surface area contributed by atoms with Crippen LogP contribution in [0.15, 0.2) is 0 Å². The Hall–Kier alpha value is -0.610. The van der Waals surface area contributed by atoms with E-state index in [1.165, 1.54) is 6.42 Å². The van der Waals surface area contributed by atoms with Gasteiger partial charge in [-0.25, -0.2) is 0 Å². The first-order chi connectivity index (χ1) is 7.68. The first-order valence-electron chi connectivity index (χ1n) is 6.40. The fraction of sp³-hybridized carbons (Fsp3) is 0.917. The zero-order valence-electron chi connectivity index (χ0n) is 10.5. The second-order valence-electron chi connectivity index (χ2n) is 4.69. The van der Waals surface area contributed by atoms with Crippen LogP contribution >= 0.6 is 0 Å². The molecule has 0 radical (unpaired) electrons. The number of carbonyl (C=O) groups excluding carboxylic acids is 1. The van der Waals surface area contributed by atoms with Crippen LogP contribution in [-0.2, 0) is 4.79 Å². The Labute approximate surface area is 98.3 Å². The zero-order chi connectivity index (χ0) is 12.0. The van der Waals surface area contributed by atoms with Crippen LogP contribution < -0.4 is 16.4 Å². The van der Waals surface area contributed by atoms with Crippen molar-refractivity contribution in [3.63, 3.8) is 0 Å². The highest BCUT2D eigenvalue weighted by Crippen LogP contribution is 2.24. The highest BCUT2D eigenvalue weighted by molar-refractivity contribution is 5.82. The van der Waals surface area contributed by atoms with Crippen LogP contribution in [-0.4, -0.2) is 31.6 Å². The van der Waals surface area contributed by atoms with Crippen LogP contribution in [0.5, 0.6) is 0 Å². The van der Waals surface area contributed by atoms with Crippen LogP contribution in [0.3, 0.4) is 0 Å². The van der Waals surface area contributed by atoms with Gasteiger partial charge in [0.25, 0.3) is 0 Å². The molecule has 4 nitrogen and oxygen atoms in total.